The number of rotatable bonds is 4. The minimum absolute atomic E-state index is 0.189. The van der Waals surface area contributed by atoms with Gasteiger partial charge in [0, 0.05) is 17.3 Å². The van der Waals surface area contributed by atoms with Crippen molar-refractivity contribution in [1.82, 2.24) is 4.98 Å². The highest BCUT2D eigenvalue weighted by Gasteiger charge is 2.08. The van der Waals surface area contributed by atoms with Crippen LogP contribution in [0.5, 0.6) is 5.75 Å². The number of nitrogens with zero attached hydrogens (tertiary/aromatic N) is 1. The lowest BCUT2D eigenvalue weighted by Gasteiger charge is -2.10. The average Bonchev–Trinajstić information content (AvgIpc) is 2.49. The molecule has 1 aromatic carbocycles. The van der Waals surface area contributed by atoms with Gasteiger partial charge in [0.15, 0.2) is 0 Å². The van der Waals surface area contributed by atoms with Gasteiger partial charge in [-0.05, 0) is 57.5 Å². The summed E-state index contributed by atoms with van der Waals surface area (Å²) in [6.45, 7) is 7.80. The van der Waals surface area contributed by atoms with Gasteiger partial charge < -0.3 is 10.1 Å². The van der Waals surface area contributed by atoms with Gasteiger partial charge in [-0.15, -0.1) is 0 Å². The summed E-state index contributed by atoms with van der Waals surface area (Å²) in [6, 6.07) is 7.80. The van der Waals surface area contributed by atoms with Gasteiger partial charge >= 0.3 is 0 Å². The minimum Gasteiger partial charge on any atom is -0.496 e. The van der Waals surface area contributed by atoms with Crippen molar-refractivity contribution >= 4 is 17.7 Å². The quantitative estimate of drug-likeness (QED) is 0.869. The van der Waals surface area contributed by atoms with E-state index in [0.717, 1.165) is 39.5 Å². The average molecular weight is 310 g/mol. The molecule has 0 aliphatic rings. The topological polar surface area (TPSA) is 51.2 Å². The summed E-state index contributed by atoms with van der Waals surface area (Å²) in [5, 5.41) is 2.90. The van der Waals surface area contributed by atoms with E-state index in [1.807, 2.05) is 52.0 Å². The molecule has 2 aromatic rings. The van der Waals surface area contributed by atoms with Crippen molar-refractivity contribution < 1.29 is 9.53 Å². The van der Waals surface area contributed by atoms with Crippen LogP contribution in [0.4, 0.5) is 5.69 Å². The lowest BCUT2D eigenvalue weighted by Crippen LogP contribution is -2.11. The summed E-state index contributed by atoms with van der Waals surface area (Å²) < 4.78 is 5.31. The zero-order valence-electron chi connectivity index (χ0n) is 14.2. The number of methoxy groups -OCH3 is 1. The van der Waals surface area contributed by atoms with E-state index in [1.54, 1.807) is 13.2 Å². The Balaban J connectivity index is 2.19. The molecule has 4 heteroatoms. The molecule has 1 amide bonds. The Kier molecular flexibility index (Phi) is 5.16. The smallest absolute Gasteiger partial charge is 0.248 e. The van der Waals surface area contributed by atoms with Crippen LogP contribution in [0.2, 0.25) is 0 Å². The van der Waals surface area contributed by atoms with E-state index < -0.39 is 0 Å². The summed E-state index contributed by atoms with van der Waals surface area (Å²) in [5.74, 6) is 0.550. The molecule has 4 nitrogen and oxygen atoms in total. The second kappa shape index (κ2) is 7.09. The van der Waals surface area contributed by atoms with Crippen LogP contribution in [-0.2, 0) is 4.79 Å². The molecular weight excluding hydrogens is 288 g/mol. The van der Waals surface area contributed by atoms with Gasteiger partial charge in [0.2, 0.25) is 5.91 Å². The van der Waals surface area contributed by atoms with Crippen molar-refractivity contribution in [2.75, 3.05) is 12.4 Å². The Morgan fingerprint density at radius 3 is 2.57 bits per heavy atom. The second-order valence-electron chi connectivity index (χ2n) is 5.61. The van der Waals surface area contributed by atoms with E-state index >= 15 is 0 Å². The zero-order valence-corrected chi connectivity index (χ0v) is 14.2. The van der Waals surface area contributed by atoms with E-state index in [0.29, 0.717) is 0 Å². The lowest BCUT2D eigenvalue weighted by atomic mass is 10.1. The van der Waals surface area contributed by atoms with Gasteiger partial charge in [0.25, 0.3) is 0 Å². The Morgan fingerprint density at radius 1 is 1.17 bits per heavy atom. The van der Waals surface area contributed by atoms with Crippen LogP contribution in [0.3, 0.4) is 0 Å². The van der Waals surface area contributed by atoms with Crippen LogP contribution >= 0.6 is 0 Å². The largest absolute Gasteiger partial charge is 0.496 e. The fourth-order valence-electron chi connectivity index (χ4n) is 2.53. The third kappa shape index (κ3) is 4.19. The first kappa shape index (κ1) is 16.7. The summed E-state index contributed by atoms with van der Waals surface area (Å²) in [7, 11) is 1.62. The second-order valence-corrected chi connectivity index (χ2v) is 5.61. The number of amides is 1. The molecule has 0 unspecified atom stereocenters. The molecule has 1 N–H and O–H groups in total. The van der Waals surface area contributed by atoms with E-state index in [4.69, 9.17) is 4.74 Å². The summed E-state index contributed by atoms with van der Waals surface area (Å²) in [4.78, 5) is 16.6. The molecule has 0 bridgehead atoms. The van der Waals surface area contributed by atoms with Crippen LogP contribution in [0, 0.1) is 27.7 Å². The highest BCUT2D eigenvalue weighted by Crippen LogP contribution is 2.22. The van der Waals surface area contributed by atoms with Crippen molar-refractivity contribution in [3.8, 4) is 5.75 Å². The highest BCUT2D eigenvalue weighted by atomic mass is 16.5. The molecule has 0 spiro atoms. The molecule has 0 atom stereocenters. The molecule has 0 aliphatic carbocycles. The highest BCUT2D eigenvalue weighted by molar-refractivity contribution is 6.02. The fraction of sp³-hybridized carbons (Fsp3) is 0.263. The Morgan fingerprint density at radius 2 is 1.91 bits per heavy atom. The number of hydrogen-bond donors (Lipinski definition) is 1. The number of anilines is 1. The molecule has 0 radical (unpaired) electrons. The normalized spacial score (nSPS) is 10.8. The van der Waals surface area contributed by atoms with Gasteiger partial charge in [-0.1, -0.05) is 11.6 Å². The minimum atomic E-state index is -0.189. The van der Waals surface area contributed by atoms with Crippen molar-refractivity contribution in [3.63, 3.8) is 0 Å². The van der Waals surface area contributed by atoms with E-state index in [9.17, 15) is 4.79 Å². The fourth-order valence-corrected chi connectivity index (χ4v) is 2.53. The molecule has 1 aromatic heterocycles. The maximum Gasteiger partial charge on any atom is 0.248 e. The number of hydrogen-bond acceptors (Lipinski definition) is 3. The van der Waals surface area contributed by atoms with Gasteiger partial charge in [-0.2, -0.15) is 0 Å². The van der Waals surface area contributed by atoms with Crippen LogP contribution in [0.25, 0.3) is 6.08 Å². The molecule has 2 rings (SSSR count). The van der Waals surface area contributed by atoms with Gasteiger partial charge in [-0.3, -0.25) is 9.78 Å². The standard InChI is InChI=1S/C19H22N2O2/c1-12-6-8-17(23-5)16(10-12)7-9-18(22)21-19-13(2)11-14(3)20-15(19)4/h6-11H,1-5H3,(H,21,22)/b9-7+. The number of aromatic nitrogens is 1. The van der Waals surface area contributed by atoms with E-state index in [1.165, 1.54) is 6.08 Å². The Bertz CT molecular complexity index is 741. The van der Waals surface area contributed by atoms with Crippen LogP contribution < -0.4 is 10.1 Å². The number of ether oxygens (including phenoxy) is 1. The summed E-state index contributed by atoms with van der Waals surface area (Å²) >= 11 is 0. The van der Waals surface area contributed by atoms with Crippen molar-refractivity contribution in [2.45, 2.75) is 27.7 Å². The molecule has 0 aliphatic heterocycles. The van der Waals surface area contributed by atoms with Gasteiger partial charge in [0.1, 0.15) is 5.75 Å². The first-order valence-corrected chi connectivity index (χ1v) is 7.49. The Hall–Kier alpha value is -2.62. The van der Waals surface area contributed by atoms with Crippen molar-refractivity contribution in [1.29, 1.82) is 0 Å². The molecule has 120 valence electrons. The number of carbonyl (C=O) groups is 1. The first-order valence-electron chi connectivity index (χ1n) is 7.49. The monoisotopic (exact) mass is 310 g/mol. The van der Waals surface area contributed by atoms with Crippen molar-refractivity contribution in [2.24, 2.45) is 0 Å². The summed E-state index contributed by atoms with van der Waals surface area (Å²) in [6.07, 6.45) is 3.27. The number of nitrogens with one attached hydrogen (secondary N) is 1. The van der Waals surface area contributed by atoms with Crippen LogP contribution in [0.1, 0.15) is 28.1 Å². The van der Waals surface area contributed by atoms with Crippen LogP contribution in [0.15, 0.2) is 30.3 Å². The molecule has 1 heterocycles. The maximum atomic E-state index is 12.2. The third-order valence-electron chi connectivity index (χ3n) is 3.57. The molecule has 0 saturated carbocycles. The SMILES string of the molecule is COc1ccc(C)cc1/C=C/C(=O)Nc1c(C)cc(C)nc1C. The molecular formula is C19H22N2O2. The summed E-state index contributed by atoms with van der Waals surface area (Å²) in [5.41, 5.74) is 5.51. The first-order chi connectivity index (χ1) is 10.9. The molecule has 0 fully saturated rings. The van der Waals surface area contributed by atoms with E-state index in [2.05, 4.69) is 10.3 Å². The van der Waals surface area contributed by atoms with Gasteiger partial charge in [-0.25, -0.2) is 0 Å². The third-order valence-corrected chi connectivity index (χ3v) is 3.57. The maximum absolute atomic E-state index is 12.2. The predicted octanol–water partition coefficient (Wildman–Crippen LogP) is 3.98. The zero-order chi connectivity index (χ0) is 17.0. The van der Waals surface area contributed by atoms with Crippen LogP contribution in [-0.4, -0.2) is 18.0 Å². The number of pyridine rings is 1. The lowest BCUT2D eigenvalue weighted by molar-refractivity contribution is -0.111. The molecule has 23 heavy (non-hydrogen) atoms. The predicted molar refractivity (Wildman–Crippen MR) is 93.8 cm³/mol. The van der Waals surface area contributed by atoms with E-state index in [-0.39, 0.29) is 5.91 Å². The van der Waals surface area contributed by atoms with Crippen molar-refractivity contribution in [3.05, 3.63) is 58.4 Å². The number of aryl methyl sites for hydroxylation is 4. The number of benzene rings is 1. The Labute approximate surface area is 137 Å². The van der Waals surface area contributed by atoms with Gasteiger partial charge in [0.05, 0.1) is 18.5 Å². The molecule has 0 saturated heterocycles. The number of carbonyl (C=O) groups excluding carboxylic acids is 1.